The molecule has 0 saturated carbocycles. The molecule has 1 saturated heterocycles. The molecule has 1 atom stereocenters. The lowest BCUT2D eigenvalue weighted by Crippen LogP contribution is -2.29. The number of halogens is 1. The average molecular weight is 448 g/mol. The Balaban J connectivity index is 1.65. The number of hydrogen-bond donors (Lipinski definition) is 1. The van der Waals surface area contributed by atoms with Crippen molar-refractivity contribution in [2.45, 2.75) is 38.3 Å². The summed E-state index contributed by atoms with van der Waals surface area (Å²) in [5.74, 6) is -2.29. The van der Waals surface area contributed by atoms with Crippen molar-refractivity contribution in [3.8, 4) is 0 Å². The molecule has 2 aliphatic rings. The molecule has 1 N–H and O–H groups in total. The van der Waals surface area contributed by atoms with E-state index in [4.69, 9.17) is 0 Å². The predicted molar refractivity (Wildman–Crippen MR) is 122 cm³/mol. The molecule has 0 spiro atoms. The molecule has 0 radical (unpaired) electrons. The van der Waals surface area contributed by atoms with Crippen LogP contribution in [0, 0.1) is 5.82 Å². The summed E-state index contributed by atoms with van der Waals surface area (Å²) in [5, 5.41) is 13.1. The van der Waals surface area contributed by atoms with Gasteiger partial charge in [-0.2, -0.15) is 0 Å². The molecule has 1 aromatic heterocycles. The van der Waals surface area contributed by atoms with E-state index in [1.807, 2.05) is 29.6 Å². The maximum atomic E-state index is 14.9. The van der Waals surface area contributed by atoms with Gasteiger partial charge in [0.15, 0.2) is 0 Å². The van der Waals surface area contributed by atoms with Crippen molar-refractivity contribution in [2.24, 2.45) is 0 Å². The monoisotopic (exact) mass is 447 g/mol. The number of amides is 1. The summed E-state index contributed by atoms with van der Waals surface area (Å²) in [7, 11) is 0. The number of rotatable bonds is 4. The topological polar surface area (TPSA) is 57.6 Å². The molecule has 2 aromatic carbocycles. The van der Waals surface area contributed by atoms with Crippen molar-refractivity contribution in [3.63, 3.8) is 0 Å². The van der Waals surface area contributed by atoms with Crippen molar-refractivity contribution in [1.29, 1.82) is 0 Å². The summed E-state index contributed by atoms with van der Waals surface area (Å²) < 4.78 is 14.9. The van der Waals surface area contributed by atoms with E-state index in [1.165, 1.54) is 27.9 Å². The minimum atomic E-state index is -0.991. The second-order valence-corrected chi connectivity index (χ2v) is 9.25. The quantitative estimate of drug-likeness (QED) is 0.332. The molecular weight excluding hydrogens is 425 g/mol. The molecule has 5 rings (SSSR count). The summed E-state index contributed by atoms with van der Waals surface area (Å²) in [6.45, 7) is 0.169. The van der Waals surface area contributed by atoms with Crippen LogP contribution in [-0.2, 0) is 29.0 Å². The van der Waals surface area contributed by atoms with Crippen LogP contribution in [0.25, 0.3) is 5.76 Å². The summed E-state index contributed by atoms with van der Waals surface area (Å²) in [4.78, 5) is 28.4. The van der Waals surface area contributed by atoms with Gasteiger partial charge in [0.25, 0.3) is 11.7 Å². The number of likely N-dealkylation sites (tertiary alicyclic amines) is 1. The molecule has 1 aliphatic carbocycles. The number of benzene rings is 2. The number of nitrogens with zero attached hydrogens (tertiary/aromatic N) is 1. The maximum Gasteiger partial charge on any atom is 0.295 e. The molecule has 0 bridgehead atoms. The fourth-order valence-electron chi connectivity index (χ4n) is 4.67. The third-order valence-corrected chi connectivity index (χ3v) is 7.13. The Bertz CT molecular complexity index is 1230. The third kappa shape index (κ3) is 3.54. The van der Waals surface area contributed by atoms with Gasteiger partial charge < -0.3 is 10.0 Å². The molecular formula is C26H22FNO3S. The number of hydrogen-bond acceptors (Lipinski definition) is 4. The lowest BCUT2D eigenvalue weighted by Gasteiger charge is -2.25. The smallest absolute Gasteiger partial charge is 0.295 e. The molecule has 1 aliphatic heterocycles. The predicted octanol–water partition coefficient (Wildman–Crippen LogP) is 5.39. The van der Waals surface area contributed by atoms with Crippen molar-refractivity contribution < 1.29 is 19.1 Å². The number of aliphatic hydroxyl groups excluding tert-OH is 1. The van der Waals surface area contributed by atoms with E-state index < -0.39 is 23.5 Å². The number of aliphatic hydroxyl groups is 1. The van der Waals surface area contributed by atoms with Crippen LogP contribution in [-0.4, -0.2) is 21.7 Å². The van der Waals surface area contributed by atoms with Crippen molar-refractivity contribution in [2.75, 3.05) is 0 Å². The van der Waals surface area contributed by atoms with Crippen LogP contribution in [0.15, 0.2) is 65.6 Å². The lowest BCUT2D eigenvalue weighted by molar-refractivity contribution is -0.140. The van der Waals surface area contributed by atoms with Gasteiger partial charge in [0.05, 0.1) is 18.2 Å². The summed E-state index contributed by atoms with van der Waals surface area (Å²) >= 11 is 1.46. The number of aryl methyl sites for hydroxylation is 2. The van der Waals surface area contributed by atoms with Gasteiger partial charge in [0.2, 0.25) is 0 Å². The molecule has 1 unspecified atom stereocenters. The zero-order valence-corrected chi connectivity index (χ0v) is 18.2. The van der Waals surface area contributed by atoms with Crippen LogP contribution in [0.1, 0.15) is 46.0 Å². The van der Waals surface area contributed by atoms with Gasteiger partial charge in [-0.05, 0) is 60.4 Å². The Kier molecular flexibility index (Phi) is 5.39. The van der Waals surface area contributed by atoms with Crippen LogP contribution < -0.4 is 0 Å². The normalized spacial score (nSPS) is 19.9. The molecule has 1 fully saturated rings. The number of thiophene rings is 1. The molecule has 1 amide bonds. The number of carbonyl (C=O) groups excluding carboxylic acids is 2. The highest BCUT2D eigenvalue weighted by atomic mass is 32.1. The molecule has 6 heteroatoms. The molecule has 4 nitrogen and oxygen atoms in total. The Labute approximate surface area is 189 Å². The average Bonchev–Trinajstić information content (AvgIpc) is 3.41. The number of fused-ring (bicyclic) bond motifs is 1. The number of Topliss-reactive ketones (excluding diaryl/α,β-unsaturated/α-hetero) is 1. The first kappa shape index (κ1) is 20.6. The SMILES string of the molecule is O=C1C(=O)N(Cc2cccs2)C(c2ccccc2F)/C1=C(\O)c1ccc2c(c1)CCCC2. The minimum absolute atomic E-state index is 0.0626. The minimum Gasteiger partial charge on any atom is -0.507 e. The number of carbonyl (C=O) groups is 2. The first-order valence-electron chi connectivity index (χ1n) is 10.7. The van der Waals surface area contributed by atoms with Gasteiger partial charge >= 0.3 is 0 Å². The van der Waals surface area contributed by atoms with Crippen LogP contribution in [0.4, 0.5) is 4.39 Å². The first-order valence-corrected chi connectivity index (χ1v) is 11.6. The molecule has 3 aromatic rings. The zero-order chi connectivity index (χ0) is 22.2. The van der Waals surface area contributed by atoms with Crippen LogP contribution in [0.5, 0.6) is 0 Å². The maximum absolute atomic E-state index is 14.9. The Morgan fingerprint density at radius 2 is 1.81 bits per heavy atom. The van der Waals surface area contributed by atoms with Crippen molar-refractivity contribution >= 4 is 28.8 Å². The molecule has 2 heterocycles. The third-order valence-electron chi connectivity index (χ3n) is 6.27. The first-order chi connectivity index (χ1) is 15.5. The number of ketones is 1. The summed E-state index contributed by atoms with van der Waals surface area (Å²) in [5.41, 5.74) is 3.02. The highest BCUT2D eigenvalue weighted by Gasteiger charge is 2.47. The summed E-state index contributed by atoms with van der Waals surface area (Å²) in [6.07, 6.45) is 4.13. The largest absolute Gasteiger partial charge is 0.507 e. The fourth-order valence-corrected chi connectivity index (χ4v) is 5.37. The van der Waals surface area contributed by atoms with E-state index in [1.54, 1.807) is 24.3 Å². The van der Waals surface area contributed by atoms with Gasteiger partial charge in [0.1, 0.15) is 11.6 Å². The van der Waals surface area contributed by atoms with E-state index in [-0.39, 0.29) is 23.4 Å². The van der Waals surface area contributed by atoms with E-state index in [0.29, 0.717) is 5.56 Å². The molecule has 162 valence electrons. The standard InChI is InChI=1S/C26H22FNO3S/c27-21-10-4-3-9-20(21)23-22(25(30)26(31)28(23)15-19-8-5-13-32-19)24(29)18-12-11-16-6-1-2-7-17(16)14-18/h3-5,8-14,23,29H,1-2,6-7,15H2/b24-22+. The van der Waals surface area contributed by atoms with Gasteiger partial charge in [0, 0.05) is 16.0 Å². The zero-order valence-electron chi connectivity index (χ0n) is 17.4. The van der Waals surface area contributed by atoms with Crippen LogP contribution in [0.2, 0.25) is 0 Å². The van der Waals surface area contributed by atoms with Crippen LogP contribution >= 0.6 is 11.3 Å². The second-order valence-electron chi connectivity index (χ2n) is 8.22. The van der Waals surface area contributed by atoms with Crippen LogP contribution in [0.3, 0.4) is 0 Å². The van der Waals surface area contributed by atoms with E-state index in [2.05, 4.69) is 0 Å². The van der Waals surface area contributed by atoms with E-state index in [0.717, 1.165) is 36.1 Å². The Hall–Kier alpha value is -3.25. The fraction of sp³-hybridized carbons (Fsp3) is 0.231. The highest BCUT2D eigenvalue weighted by molar-refractivity contribution is 7.09. The van der Waals surface area contributed by atoms with E-state index in [9.17, 15) is 19.1 Å². The lowest BCUT2D eigenvalue weighted by atomic mass is 9.88. The van der Waals surface area contributed by atoms with Gasteiger partial charge in [-0.3, -0.25) is 9.59 Å². The Morgan fingerprint density at radius 3 is 2.56 bits per heavy atom. The Morgan fingerprint density at radius 1 is 1.03 bits per heavy atom. The molecule has 32 heavy (non-hydrogen) atoms. The van der Waals surface area contributed by atoms with Gasteiger partial charge in [-0.25, -0.2) is 4.39 Å². The second kappa shape index (κ2) is 8.36. The summed E-state index contributed by atoms with van der Waals surface area (Å²) in [6, 6.07) is 14.5. The van der Waals surface area contributed by atoms with Crippen molar-refractivity contribution in [3.05, 3.63) is 98.5 Å². The van der Waals surface area contributed by atoms with Gasteiger partial charge in [-0.1, -0.05) is 36.4 Å². The highest BCUT2D eigenvalue weighted by Crippen LogP contribution is 2.41. The van der Waals surface area contributed by atoms with E-state index >= 15 is 0 Å². The van der Waals surface area contributed by atoms with Crippen molar-refractivity contribution in [1.82, 2.24) is 4.90 Å². The van der Waals surface area contributed by atoms with Gasteiger partial charge in [-0.15, -0.1) is 11.3 Å².